The van der Waals surface area contributed by atoms with E-state index < -0.39 is 0 Å². The minimum atomic E-state index is 0. The molecular weight excluding hydrogens is 407 g/mol. The highest BCUT2D eigenvalue weighted by Crippen LogP contribution is 2.17. The van der Waals surface area contributed by atoms with Crippen LogP contribution in [0.3, 0.4) is 0 Å². The number of rotatable bonds is 6. The first-order valence-electron chi connectivity index (χ1n) is 8.78. The first-order chi connectivity index (χ1) is 13.4. The van der Waals surface area contributed by atoms with Gasteiger partial charge in [-0.25, -0.2) is 9.68 Å². The summed E-state index contributed by atoms with van der Waals surface area (Å²) in [7, 11) is 0. The highest BCUT2D eigenvalue weighted by molar-refractivity contribution is 5.62. The van der Waals surface area contributed by atoms with Crippen molar-refractivity contribution >= 4 is 0 Å². The molecule has 0 saturated heterocycles. The van der Waals surface area contributed by atoms with Crippen molar-refractivity contribution in [3.05, 3.63) is 110 Å². The van der Waals surface area contributed by atoms with E-state index in [1.54, 1.807) is 9.46 Å². The second kappa shape index (κ2) is 11.1. The van der Waals surface area contributed by atoms with E-state index in [2.05, 4.69) is 24.3 Å². The summed E-state index contributed by atoms with van der Waals surface area (Å²) >= 11 is 0. The molecule has 0 unspecified atom stereocenters. The van der Waals surface area contributed by atoms with Gasteiger partial charge in [0.2, 0.25) is 24.8 Å². The molecule has 0 atom stereocenters. The van der Waals surface area contributed by atoms with Crippen LogP contribution in [-0.2, 0) is 0 Å². The Bertz CT molecular complexity index is 898. The average Bonchev–Trinajstić information content (AvgIpc) is 2.76. The SMILES string of the molecule is [Cl-].[Cl-].c1ccc(-c2cc[n+](OCO[n+]3ccc(-c4ccccc4)cc3)cc2)cc1. The fraction of sp³-hybridized carbons (Fsp3) is 0.0435. The standard InChI is InChI=1S/C23H20N2O2.2ClH/c1-3-7-20(8-4-1)22-11-15-24(16-12-22)26-19-27-25-17-13-23(14-18-25)21-9-5-2-6-10-21;;/h1-18H,19H2;2*1H/q+2;;/p-2. The summed E-state index contributed by atoms with van der Waals surface area (Å²) in [5, 5.41) is 0. The van der Waals surface area contributed by atoms with E-state index in [1.165, 1.54) is 11.1 Å². The summed E-state index contributed by atoms with van der Waals surface area (Å²) in [6.45, 7) is 0.102. The molecule has 0 spiro atoms. The summed E-state index contributed by atoms with van der Waals surface area (Å²) in [4.78, 5) is 11.2. The molecule has 4 aromatic rings. The Kier molecular flexibility index (Phi) is 8.46. The molecule has 2 aromatic heterocycles. The number of hydrogen-bond acceptors (Lipinski definition) is 2. The quantitative estimate of drug-likeness (QED) is 0.244. The molecule has 0 aliphatic rings. The molecule has 6 heteroatoms. The predicted molar refractivity (Wildman–Crippen MR) is 102 cm³/mol. The Hall–Kier alpha value is -3.08. The van der Waals surface area contributed by atoms with Gasteiger partial charge in [0, 0.05) is 33.7 Å². The van der Waals surface area contributed by atoms with Crippen molar-refractivity contribution in [2.24, 2.45) is 0 Å². The predicted octanol–water partition coefficient (Wildman–Crippen LogP) is -2.88. The number of nitrogens with zero attached hydrogens (tertiary/aromatic N) is 2. The van der Waals surface area contributed by atoms with E-state index in [-0.39, 0.29) is 31.6 Å². The molecule has 0 amide bonds. The zero-order chi connectivity index (χ0) is 18.3. The van der Waals surface area contributed by atoms with Crippen LogP contribution < -0.4 is 44.0 Å². The number of aromatic nitrogens is 2. The van der Waals surface area contributed by atoms with Gasteiger partial charge >= 0.3 is 6.79 Å². The minimum Gasteiger partial charge on any atom is -1.00 e. The molecule has 0 bridgehead atoms. The fourth-order valence-corrected chi connectivity index (χ4v) is 2.79. The van der Waals surface area contributed by atoms with E-state index >= 15 is 0 Å². The van der Waals surface area contributed by atoms with Crippen molar-refractivity contribution in [1.82, 2.24) is 0 Å². The van der Waals surface area contributed by atoms with Gasteiger partial charge in [0.25, 0.3) is 0 Å². The zero-order valence-electron chi connectivity index (χ0n) is 15.6. The van der Waals surface area contributed by atoms with Crippen LogP contribution in [0, 0.1) is 0 Å². The molecule has 0 N–H and O–H groups in total. The van der Waals surface area contributed by atoms with Gasteiger partial charge in [0.15, 0.2) is 0 Å². The van der Waals surface area contributed by atoms with Gasteiger partial charge in [0.05, 0.1) is 0 Å². The third-order valence-electron chi connectivity index (χ3n) is 4.22. The molecule has 4 nitrogen and oxygen atoms in total. The normalized spacial score (nSPS) is 9.66. The summed E-state index contributed by atoms with van der Waals surface area (Å²) in [6.07, 6.45) is 7.48. The Morgan fingerprint density at radius 3 is 1.10 bits per heavy atom. The van der Waals surface area contributed by atoms with E-state index in [0.29, 0.717) is 0 Å². The third kappa shape index (κ3) is 5.95. The van der Waals surface area contributed by atoms with Crippen LogP contribution in [0.1, 0.15) is 0 Å². The monoisotopic (exact) mass is 426 g/mol. The molecular formula is C23H20Cl2N2O2. The molecule has 0 aliphatic heterocycles. The summed E-state index contributed by atoms with van der Waals surface area (Å²) in [5.41, 5.74) is 4.63. The molecule has 29 heavy (non-hydrogen) atoms. The summed E-state index contributed by atoms with van der Waals surface area (Å²) < 4.78 is 3.26. The average molecular weight is 427 g/mol. The zero-order valence-corrected chi connectivity index (χ0v) is 17.1. The first-order valence-corrected chi connectivity index (χ1v) is 8.78. The van der Waals surface area contributed by atoms with Crippen LogP contribution >= 0.6 is 0 Å². The van der Waals surface area contributed by atoms with Gasteiger partial charge in [-0.15, -0.1) is 0 Å². The van der Waals surface area contributed by atoms with Crippen molar-refractivity contribution in [1.29, 1.82) is 0 Å². The Morgan fingerprint density at radius 2 is 0.759 bits per heavy atom. The van der Waals surface area contributed by atoms with E-state index in [9.17, 15) is 0 Å². The lowest BCUT2D eigenvalue weighted by Crippen LogP contribution is -3.00. The lowest BCUT2D eigenvalue weighted by Gasteiger charge is -2.01. The lowest BCUT2D eigenvalue weighted by molar-refractivity contribution is -0.950. The summed E-state index contributed by atoms with van der Waals surface area (Å²) in [5.74, 6) is 0. The van der Waals surface area contributed by atoms with E-state index in [4.69, 9.17) is 9.68 Å². The molecule has 4 rings (SSSR count). The number of benzene rings is 2. The lowest BCUT2D eigenvalue weighted by atomic mass is 10.1. The maximum atomic E-state index is 5.59. The Labute approximate surface area is 182 Å². The van der Waals surface area contributed by atoms with Gasteiger partial charge in [-0.1, -0.05) is 60.7 Å². The van der Waals surface area contributed by atoms with Gasteiger partial charge in [-0.05, 0) is 22.3 Å². The fourth-order valence-electron chi connectivity index (χ4n) is 2.79. The maximum Gasteiger partial charge on any atom is 0.364 e. The van der Waals surface area contributed by atoms with Crippen molar-refractivity contribution in [3.63, 3.8) is 0 Å². The van der Waals surface area contributed by atoms with Crippen LogP contribution in [0.5, 0.6) is 0 Å². The minimum absolute atomic E-state index is 0. The number of halogens is 2. The van der Waals surface area contributed by atoms with Gasteiger partial charge < -0.3 is 24.8 Å². The van der Waals surface area contributed by atoms with E-state index in [1.807, 2.05) is 85.5 Å². The summed E-state index contributed by atoms with van der Waals surface area (Å²) in [6, 6.07) is 28.5. The molecule has 0 saturated carbocycles. The molecule has 148 valence electrons. The topological polar surface area (TPSA) is 26.2 Å². The molecule has 0 aliphatic carbocycles. The second-order valence-corrected chi connectivity index (χ2v) is 6.00. The number of hydrogen-bond donors (Lipinski definition) is 0. The highest BCUT2D eigenvalue weighted by atomic mass is 35.5. The van der Waals surface area contributed by atoms with Gasteiger partial charge in [0.1, 0.15) is 0 Å². The van der Waals surface area contributed by atoms with Crippen molar-refractivity contribution < 1.29 is 44.0 Å². The van der Waals surface area contributed by atoms with Gasteiger partial charge in [-0.3, -0.25) is 0 Å². The highest BCUT2D eigenvalue weighted by Gasteiger charge is 2.08. The molecule has 2 aromatic carbocycles. The van der Waals surface area contributed by atoms with Crippen LogP contribution in [0.2, 0.25) is 0 Å². The van der Waals surface area contributed by atoms with Crippen LogP contribution in [-0.4, -0.2) is 6.79 Å². The maximum absolute atomic E-state index is 5.59. The molecule has 0 fully saturated rings. The Balaban J connectivity index is 0.00000150. The van der Waals surface area contributed by atoms with Crippen LogP contribution in [0.4, 0.5) is 0 Å². The first kappa shape index (κ1) is 22.2. The second-order valence-electron chi connectivity index (χ2n) is 6.00. The molecule has 0 radical (unpaired) electrons. The van der Waals surface area contributed by atoms with Crippen LogP contribution in [0.25, 0.3) is 22.3 Å². The van der Waals surface area contributed by atoms with E-state index in [0.717, 1.165) is 11.1 Å². The molecule has 2 heterocycles. The Morgan fingerprint density at radius 1 is 0.448 bits per heavy atom. The third-order valence-corrected chi connectivity index (χ3v) is 4.22. The van der Waals surface area contributed by atoms with Crippen LogP contribution in [0.15, 0.2) is 110 Å². The smallest absolute Gasteiger partial charge is 0.364 e. The number of pyridine rings is 2. The van der Waals surface area contributed by atoms with Gasteiger partial charge in [-0.2, -0.15) is 0 Å². The van der Waals surface area contributed by atoms with Crippen molar-refractivity contribution in [2.45, 2.75) is 0 Å². The largest absolute Gasteiger partial charge is 1.00 e. The van der Waals surface area contributed by atoms with Crippen molar-refractivity contribution in [3.8, 4) is 22.3 Å². The van der Waals surface area contributed by atoms with Crippen molar-refractivity contribution in [2.75, 3.05) is 6.79 Å².